The summed E-state index contributed by atoms with van der Waals surface area (Å²) >= 11 is 0. The van der Waals surface area contributed by atoms with Gasteiger partial charge in [-0.05, 0) is 74.4 Å². The van der Waals surface area contributed by atoms with Crippen molar-refractivity contribution in [1.82, 2.24) is 20.4 Å². The molecule has 0 aromatic heterocycles. The summed E-state index contributed by atoms with van der Waals surface area (Å²) in [5, 5.41) is 6.12. The maximum absolute atomic E-state index is 13.6. The van der Waals surface area contributed by atoms with Crippen molar-refractivity contribution in [3.63, 3.8) is 0 Å². The molecular formula is C40H52N4O5. The maximum Gasteiger partial charge on any atom is 0.327 e. The first-order valence-corrected chi connectivity index (χ1v) is 17.9. The second-order valence-electron chi connectivity index (χ2n) is 13.3. The van der Waals surface area contributed by atoms with Gasteiger partial charge < -0.3 is 25.0 Å². The summed E-state index contributed by atoms with van der Waals surface area (Å²) in [6.07, 6.45) is 4.21. The lowest BCUT2D eigenvalue weighted by atomic mass is 9.72. The molecule has 3 aromatic rings. The van der Waals surface area contributed by atoms with Crippen LogP contribution in [0.4, 0.5) is 4.79 Å². The molecule has 2 N–H and O–H groups in total. The molecule has 0 spiro atoms. The number of benzene rings is 3. The summed E-state index contributed by atoms with van der Waals surface area (Å²) in [5.74, 6) is 0.125. The third-order valence-electron chi connectivity index (χ3n) is 10.1. The van der Waals surface area contributed by atoms with Crippen molar-refractivity contribution in [2.24, 2.45) is 5.41 Å². The van der Waals surface area contributed by atoms with Gasteiger partial charge in [0, 0.05) is 31.7 Å². The Morgan fingerprint density at radius 1 is 0.918 bits per heavy atom. The standard InChI is InChI=1S/C40H52N4O5/c1-5-11-35(31-16-14-29(4)15-17-31)42-39(47)44-37(46)40(6-2,7-3)38(44)49-34-20-18-32(19-21-34)36(45)41-24-27-43-25-22-33(23-26-43)48-28-30-12-9-8-10-13-30/h8-10,12-21,33,35,38H,5-7,11,22-28H2,1-4H3,(H,41,45)(H,42,47). The Hall–Kier alpha value is -4.21. The minimum atomic E-state index is -0.792. The monoisotopic (exact) mass is 668 g/mol. The summed E-state index contributed by atoms with van der Waals surface area (Å²) in [6.45, 7) is 11.9. The van der Waals surface area contributed by atoms with E-state index < -0.39 is 17.7 Å². The molecule has 0 saturated carbocycles. The highest BCUT2D eigenvalue weighted by molar-refractivity contribution is 6.03. The molecule has 2 atom stereocenters. The SMILES string of the molecule is CCCC(NC(=O)N1C(=O)C(CC)(CC)C1Oc1ccc(C(=O)NCCN2CCC(OCc3ccccc3)CC2)cc1)c1ccc(C)cc1. The molecule has 2 fully saturated rings. The smallest absolute Gasteiger partial charge is 0.327 e. The van der Waals surface area contributed by atoms with E-state index in [-0.39, 0.29) is 24.0 Å². The van der Waals surface area contributed by atoms with Crippen LogP contribution in [0.5, 0.6) is 5.75 Å². The molecule has 0 aliphatic carbocycles. The molecule has 0 radical (unpaired) electrons. The number of rotatable bonds is 15. The fourth-order valence-electron chi connectivity index (χ4n) is 6.86. The molecule has 2 unspecified atom stereocenters. The van der Waals surface area contributed by atoms with Crippen LogP contribution < -0.4 is 15.4 Å². The second kappa shape index (κ2) is 16.9. The number of aryl methyl sites for hydroxylation is 1. The second-order valence-corrected chi connectivity index (χ2v) is 13.3. The van der Waals surface area contributed by atoms with Crippen LogP contribution in [-0.2, 0) is 16.1 Å². The number of nitrogens with one attached hydrogen (secondary N) is 2. The van der Waals surface area contributed by atoms with Crippen LogP contribution in [0.2, 0.25) is 0 Å². The van der Waals surface area contributed by atoms with Crippen molar-refractivity contribution in [3.8, 4) is 5.75 Å². The Bertz CT molecular complexity index is 1520. The molecule has 262 valence electrons. The summed E-state index contributed by atoms with van der Waals surface area (Å²) in [5.41, 5.74) is 3.08. The Balaban J connectivity index is 1.11. The quantitative estimate of drug-likeness (QED) is 0.169. The summed E-state index contributed by atoms with van der Waals surface area (Å²) in [4.78, 5) is 43.6. The Kier molecular flexibility index (Phi) is 12.5. The van der Waals surface area contributed by atoms with Crippen molar-refractivity contribution in [3.05, 3.63) is 101 Å². The van der Waals surface area contributed by atoms with Crippen molar-refractivity contribution in [2.75, 3.05) is 26.2 Å². The first-order chi connectivity index (χ1) is 23.8. The number of likely N-dealkylation sites (tertiary alicyclic amines) is 2. The van der Waals surface area contributed by atoms with E-state index in [1.54, 1.807) is 24.3 Å². The maximum atomic E-state index is 13.6. The molecule has 0 bridgehead atoms. The van der Waals surface area contributed by atoms with Gasteiger partial charge >= 0.3 is 6.03 Å². The highest BCUT2D eigenvalue weighted by atomic mass is 16.5. The molecule has 2 saturated heterocycles. The first-order valence-electron chi connectivity index (χ1n) is 17.9. The van der Waals surface area contributed by atoms with E-state index in [1.165, 1.54) is 10.5 Å². The normalized spacial score (nSPS) is 18.4. The highest BCUT2D eigenvalue weighted by Gasteiger charge is 2.63. The molecule has 4 amide bonds. The summed E-state index contributed by atoms with van der Waals surface area (Å²) in [7, 11) is 0. The van der Waals surface area contributed by atoms with Gasteiger partial charge in [-0.15, -0.1) is 0 Å². The number of ether oxygens (including phenoxy) is 2. The predicted octanol–water partition coefficient (Wildman–Crippen LogP) is 7.01. The van der Waals surface area contributed by atoms with E-state index in [9.17, 15) is 14.4 Å². The molecule has 3 aromatic carbocycles. The molecule has 2 aliphatic heterocycles. The highest BCUT2D eigenvalue weighted by Crippen LogP contribution is 2.46. The van der Waals surface area contributed by atoms with Crippen LogP contribution in [0, 0.1) is 12.3 Å². The van der Waals surface area contributed by atoms with Crippen molar-refractivity contribution in [2.45, 2.75) is 91.2 Å². The van der Waals surface area contributed by atoms with Gasteiger partial charge in [-0.2, -0.15) is 0 Å². The van der Waals surface area contributed by atoms with E-state index >= 15 is 0 Å². The zero-order valence-electron chi connectivity index (χ0n) is 29.5. The van der Waals surface area contributed by atoms with Gasteiger partial charge in [0.1, 0.15) is 11.2 Å². The Labute approximate surface area is 291 Å². The van der Waals surface area contributed by atoms with Crippen LogP contribution in [0.1, 0.15) is 92.4 Å². The largest absolute Gasteiger partial charge is 0.469 e. The zero-order valence-corrected chi connectivity index (χ0v) is 29.5. The number of piperidine rings is 1. The minimum Gasteiger partial charge on any atom is -0.469 e. The molecule has 5 rings (SSSR count). The Morgan fingerprint density at radius 2 is 1.59 bits per heavy atom. The lowest BCUT2D eigenvalue weighted by molar-refractivity contribution is -0.191. The van der Waals surface area contributed by atoms with Gasteiger partial charge in [-0.3, -0.25) is 9.59 Å². The fourth-order valence-corrected chi connectivity index (χ4v) is 6.86. The summed E-state index contributed by atoms with van der Waals surface area (Å²) in [6, 6.07) is 24.6. The van der Waals surface area contributed by atoms with Crippen LogP contribution in [0.15, 0.2) is 78.9 Å². The number of nitrogens with zero attached hydrogens (tertiary/aromatic N) is 2. The van der Waals surface area contributed by atoms with E-state index in [4.69, 9.17) is 9.47 Å². The zero-order chi connectivity index (χ0) is 34.8. The number of hydrogen-bond donors (Lipinski definition) is 2. The average Bonchev–Trinajstić information content (AvgIpc) is 3.12. The number of carbonyl (C=O) groups is 3. The van der Waals surface area contributed by atoms with Gasteiger partial charge in [-0.1, -0.05) is 87.4 Å². The number of hydrogen-bond acceptors (Lipinski definition) is 6. The van der Waals surface area contributed by atoms with Crippen molar-refractivity contribution >= 4 is 17.8 Å². The third kappa shape index (κ3) is 8.69. The molecule has 9 nitrogen and oxygen atoms in total. The topological polar surface area (TPSA) is 100 Å². The van der Waals surface area contributed by atoms with Crippen molar-refractivity contribution < 1.29 is 23.9 Å². The number of β-lactam (4-membered cyclic amide) rings is 1. The lowest BCUT2D eigenvalue weighted by Crippen LogP contribution is -2.73. The molecule has 2 heterocycles. The lowest BCUT2D eigenvalue weighted by Gasteiger charge is -2.53. The van der Waals surface area contributed by atoms with Crippen LogP contribution >= 0.6 is 0 Å². The van der Waals surface area contributed by atoms with Crippen LogP contribution in [0.3, 0.4) is 0 Å². The van der Waals surface area contributed by atoms with Gasteiger partial charge in [0.15, 0.2) is 6.23 Å². The van der Waals surface area contributed by atoms with E-state index in [2.05, 4.69) is 34.6 Å². The number of carbonyl (C=O) groups excluding carboxylic acids is 3. The first kappa shape index (κ1) is 36.1. The van der Waals surface area contributed by atoms with Crippen LogP contribution in [0.25, 0.3) is 0 Å². The van der Waals surface area contributed by atoms with E-state index in [1.807, 2.05) is 63.2 Å². The van der Waals surface area contributed by atoms with Crippen LogP contribution in [-0.4, -0.2) is 66.2 Å². The number of imide groups is 1. The third-order valence-corrected chi connectivity index (χ3v) is 10.1. The van der Waals surface area contributed by atoms with Gasteiger partial charge in [-0.25, -0.2) is 9.69 Å². The van der Waals surface area contributed by atoms with Crippen molar-refractivity contribution in [1.29, 1.82) is 0 Å². The van der Waals surface area contributed by atoms with Gasteiger partial charge in [0.2, 0.25) is 5.91 Å². The predicted molar refractivity (Wildman–Crippen MR) is 191 cm³/mol. The number of amides is 4. The molecule has 49 heavy (non-hydrogen) atoms. The van der Waals surface area contributed by atoms with E-state index in [0.29, 0.717) is 37.3 Å². The average molecular weight is 669 g/mol. The molecular weight excluding hydrogens is 616 g/mol. The molecule has 9 heteroatoms. The molecule has 2 aliphatic rings. The minimum absolute atomic E-state index is 0.151. The number of urea groups is 1. The Morgan fingerprint density at radius 3 is 2.22 bits per heavy atom. The fraction of sp³-hybridized carbons (Fsp3) is 0.475. The van der Waals surface area contributed by atoms with E-state index in [0.717, 1.165) is 56.4 Å². The summed E-state index contributed by atoms with van der Waals surface area (Å²) < 4.78 is 12.5. The van der Waals surface area contributed by atoms with Gasteiger partial charge in [0.25, 0.3) is 5.91 Å². The van der Waals surface area contributed by atoms with Gasteiger partial charge in [0.05, 0.1) is 18.8 Å².